The van der Waals surface area contributed by atoms with Gasteiger partial charge in [-0.25, -0.2) is 0 Å². The molecule has 4 heterocycles. The van der Waals surface area contributed by atoms with E-state index in [2.05, 4.69) is 23.4 Å². The predicted octanol–water partition coefficient (Wildman–Crippen LogP) is 1.13. The second-order valence-electron chi connectivity index (χ2n) is 12.8. The number of morpholine rings is 1. The highest BCUT2D eigenvalue weighted by molar-refractivity contribution is 5.98. The second kappa shape index (κ2) is 15.7. The number of nitrogens with zero attached hydrogens (tertiary/aromatic N) is 3. The summed E-state index contributed by atoms with van der Waals surface area (Å²) in [5, 5.41) is 13.3. The lowest BCUT2D eigenvalue weighted by atomic mass is 9.70. The molecule has 4 aliphatic rings. The maximum Gasteiger partial charge on any atom is 0.312 e. The van der Waals surface area contributed by atoms with Crippen LogP contribution in [-0.4, -0.2) is 132 Å². The molecule has 4 rings (SSSR count). The third kappa shape index (κ3) is 7.29. The largest absolute Gasteiger partial charge is 0.460 e. The van der Waals surface area contributed by atoms with Crippen molar-refractivity contribution in [2.24, 2.45) is 17.8 Å². The van der Waals surface area contributed by atoms with Crippen LogP contribution in [0, 0.1) is 17.8 Å². The lowest BCUT2D eigenvalue weighted by Crippen LogP contribution is -2.60. The van der Waals surface area contributed by atoms with Crippen LogP contribution >= 0.6 is 0 Å². The third-order valence-corrected chi connectivity index (χ3v) is 10.0. The van der Waals surface area contributed by atoms with Crippen LogP contribution < -0.4 is 5.32 Å². The van der Waals surface area contributed by atoms with Gasteiger partial charge >= 0.3 is 5.97 Å². The van der Waals surface area contributed by atoms with Crippen molar-refractivity contribution < 1.29 is 38.5 Å². The van der Waals surface area contributed by atoms with E-state index in [-0.39, 0.29) is 36.8 Å². The molecular formula is C33H52N4O8. The topological polar surface area (TPSA) is 138 Å². The summed E-state index contributed by atoms with van der Waals surface area (Å²) >= 11 is 0. The molecule has 45 heavy (non-hydrogen) atoms. The van der Waals surface area contributed by atoms with Gasteiger partial charge < -0.3 is 34.4 Å². The van der Waals surface area contributed by atoms with Gasteiger partial charge in [-0.1, -0.05) is 32.4 Å². The summed E-state index contributed by atoms with van der Waals surface area (Å²) in [6, 6.07) is -1.61. The van der Waals surface area contributed by atoms with Gasteiger partial charge in [0.15, 0.2) is 0 Å². The number of esters is 1. The van der Waals surface area contributed by atoms with E-state index in [1.807, 2.05) is 13.8 Å². The molecule has 0 unspecified atom stereocenters. The molecule has 0 aromatic carbocycles. The number of carbonyl (C=O) groups excluding carboxylic acids is 4. The van der Waals surface area contributed by atoms with Crippen molar-refractivity contribution in [3.63, 3.8) is 0 Å². The molecule has 12 heteroatoms. The highest BCUT2D eigenvalue weighted by Gasteiger charge is 2.75. The van der Waals surface area contributed by atoms with Crippen LogP contribution in [0.1, 0.15) is 52.9 Å². The number of rotatable bonds is 17. The molecule has 12 nitrogen and oxygen atoms in total. The molecule has 1 spiro atoms. The molecule has 2 bridgehead atoms. The summed E-state index contributed by atoms with van der Waals surface area (Å²) in [6.45, 7) is 17.2. The number of ether oxygens (including phenoxy) is 3. The summed E-state index contributed by atoms with van der Waals surface area (Å²) in [5.74, 6) is -3.24. The number of fused-ring (bicyclic) bond motifs is 1. The first-order valence-electron chi connectivity index (χ1n) is 16.5. The summed E-state index contributed by atoms with van der Waals surface area (Å²) in [6.07, 6.45) is 4.64. The Labute approximate surface area is 267 Å². The fourth-order valence-corrected chi connectivity index (χ4v) is 7.41. The first-order chi connectivity index (χ1) is 21.6. The quantitative estimate of drug-likeness (QED) is 0.179. The van der Waals surface area contributed by atoms with Crippen LogP contribution in [0.2, 0.25) is 0 Å². The minimum atomic E-state index is -1.20. The number of hydrogen-bond acceptors (Lipinski definition) is 9. The monoisotopic (exact) mass is 632 g/mol. The SMILES string of the molecule is C=CCCC(=O)NC[C@H](C)OC(=O)[C@@H]1[C@H]2C(=O)N([C@@H](CO)[C@@H](C)CC)[C@H](C(=O)N(CC=C)CCN3CCOCC3)[C@]23CC[C@H]1O3. The molecule has 4 saturated heterocycles. The van der Waals surface area contributed by atoms with Gasteiger partial charge in [-0.15, -0.1) is 13.2 Å². The van der Waals surface area contributed by atoms with Crippen LogP contribution in [0.5, 0.6) is 0 Å². The summed E-state index contributed by atoms with van der Waals surface area (Å²) in [4.78, 5) is 60.3. The molecular weight excluding hydrogens is 580 g/mol. The van der Waals surface area contributed by atoms with Crippen molar-refractivity contribution in [1.82, 2.24) is 20.0 Å². The number of carbonyl (C=O) groups is 4. The Kier molecular flexibility index (Phi) is 12.2. The van der Waals surface area contributed by atoms with Gasteiger partial charge in [-0.3, -0.25) is 24.1 Å². The van der Waals surface area contributed by atoms with E-state index < -0.39 is 47.7 Å². The van der Waals surface area contributed by atoms with E-state index >= 15 is 0 Å². The van der Waals surface area contributed by atoms with Crippen molar-refractivity contribution in [2.75, 3.05) is 59.1 Å². The Morgan fingerprint density at radius 3 is 2.60 bits per heavy atom. The average Bonchev–Trinajstić information content (AvgIpc) is 3.69. The molecule has 4 aliphatic heterocycles. The van der Waals surface area contributed by atoms with Crippen molar-refractivity contribution in [3.8, 4) is 0 Å². The smallest absolute Gasteiger partial charge is 0.312 e. The average molecular weight is 633 g/mol. The van der Waals surface area contributed by atoms with Crippen LogP contribution in [0.4, 0.5) is 0 Å². The Bertz CT molecular complexity index is 1100. The van der Waals surface area contributed by atoms with E-state index in [1.54, 1.807) is 24.0 Å². The molecule has 8 atom stereocenters. The number of aliphatic hydroxyl groups is 1. The summed E-state index contributed by atoms with van der Waals surface area (Å²) < 4.78 is 17.8. The minimum absolute atomic E-state index is 0.0991. The van der Waals surface area contributed by atoms with E-state index in [0.717, 1.165) is 13.1 Å². The van der Waals surface area contributed by atoms with Crippen LogP contribution in [0.3, 0.4) is 0 Å². The number of aliphatic hydroxyl groups excluding tert-OH is 1. The second-order valence-corrected chi connectivity index (χ2v) is 12.8. The lowest BCUT2D eigenvalue weighted by Gasteiger charge is -2.41. The van der Waals surface area contributed by atoms with Gasteiger partial charge in [0.1, 0.15) is 17.7 Å². The number of hydrogen-bond donors (Lipinski definition) is 2. The molecule has 0 saturated carbocycles. The molecule has 0 aromatic rings. The number of amides is 3. The number of allylic oxidation sites excluding steroid dienone is 1. The Morgan fingerprint density at radius 2 is 1.96 bits per heavy atom. The highest BCUT2D eigenvalue weighted by Crippen LogP contribution is 2.59. The Balaban J connectivity index is 1.59. The fraction of sp³-hybridized carbons (Fsp3) is 0.758. The first-order valence-corrected chi connectivity index (χ1v) is 16.5. The molecule has 252 valence electrons. The number of likely N-dealkylation sites (tertiary alicyclic amines) is 1. The maximum atomic E-state index is 14.6. The van der Waals surface area contributed by atoms with Gasteiger partial charge in [-0.2, -0.15) is 0 Å². The van der Waals surface area contributed by atoms with E-state index in [1.165, 1.54) is 4.90 Å². The van der Waals surface area contributed by atoms with Gasteiger partial charge in [-0.05, 0) is 32.1 Å². The van der Waals surface area contributed by atoms with Gasteiger partial charge in [0.25, 0.3) is 0 Å². The van der Waals surface area contributed by atoms with Crippen LogP contribution in [-0.2, 0) is 33.4 Å². The molecule has 0 aromatic heterocycles. The molecule has 0 aliphatic carbocycles. The van der Waals surface area contributed by atoms with E-state index in [9.17, 15) is 24.3 Å². The van der Waals surface area contributed by atoms with Crippen molar-refractivity contribution in [1.29, 1.82) is 0 Å². The van der Waals surface area contributed by atoms with E-state index in [0.29, 0.717) is 65.0 Å². The third-order valence-electron chi connectivity index (χ3n) is 10.0. The van der Waals surface area contributed by atoms with Crippen molar-refractivity contribution in [3.05, 3.63) is 25.3 Å². The highest BCUT2D eigenvalue weighted by atomic mass is 16.6. The van der Waals surface area contributed by atoms with Crippen LogP contribution in [0.15, 0.2) is 25.3 Å². The zero-order valence-corrected chi connectivity index (χ0v) is 27.2. The summed E-state index contributed by atoms with van der Waals surface area (Å²) in [7, 11) is 0. The van der Waals surface area contributed by atoms with Gasteiger partial charge in [0.05, 0.1) is 50.3 Å². The Morgan fingerprint density at radius 1 is 1.22 bits per heavy atom. The molecule has 2 N–H and O–H groups in total. The van der Waals surface area contributed by atoms with Crippen molar-refractivity contribution in [2.45, 2.75) is 82.8 Å². The first kappa shape index (κ1) is 35.1. The van der Waals surface area contributed by atoms with E-state index in [4.69, 9.17) is 14.2 Å². The normalized spacial score (nSPS) is 29.5. The lowest BCUT2D eigenvalue weighted by molar-refractivity contribution is -0.160. The predicted molar refractivity (Wildman–Crippen MR) is 167 cm³/mol. The zero-order valence-electron chi connectivity index (χ0n) is 27.2. The fourth-order valence-electron chi connectivity index (χ4n) is 7.41. The van der Waals surface area contributed by atoms with Gasteiger partial charge in [0, 0.05) is 39.1 Å². The molecule has 3 amide bonds. The standard InChI is InChI=1S/C33H52N4O8/c1-6-9-10-26(39)34-20-23(5)44-32(42)27-25-11-12-33(45-25)28(27)30(40)37(24(21-38)22(4)8-3)29(33)31(41)36(13-7-2)15-14-35-16-18-43-19-17-35/h6-7,22-25,27-29,38H,1-2,8-21H2,3-5H3,(H,34,39)/t22-,23-,24-,25+,27-,28-,29+,33-/m0/s1. The van der Waals surface area contributed by atoms with Crippen LogP contribution in [0.25, 0.3) is 0 Å². The summed E-state index contributed by atoms with van der Waals surface area (Å²) in [5.41, 5.74) is -1.20. The number of nitrogens with one attached hydrogen (secondary N) is 1. The molecule has 0 radical (unpaired) electrons. The van der Waals surface area contributed by atoms with Crippen molar-refractivity contribution >= 4 is 23.7 Å². The minimum Gasteiger partial charge on any atom is -0.460 e. The molecule has 4 fully saturated rings. The van der Waals surface area contributed by atoms with Gasteiger partial charge in [0.2, 0.25) is 17.7 Å². The Hall–Kier alpha value is -2.80. The maximum absolute atomic E-state index is 14.6. The zero-order chi connectivity index (χ0) is 32.7.